The lowest BCUT2D eigenvalue weighted by molar-refractivity contribution is 0.590. The molecule has 0 fully saturated rings. The molecule has 2 aromatic heterocycles. The van der Waals surface area contributed by atoms with Gasteiger partial charge >= 0.3 is 6.85 Å². The van der Waals surface area contributed by atoms with Crippen LogP contribution in [0.15, 0.2) is 180 Å². The zero-order chi connectivity index (χ0) is 51.0. The van der Waals surface area contributed by atoms with Crippen LogP contribution >= 0.6 is 0 Å². The minimum atomic E-state index is -0.292. The maximum atomic E-state index is 7.43. The van der Waals surface area contributed by atoms with Crippen LogP contribution in [0.4, 0.5) is 28.4 Å². The van der Waals surface area contributed by atoms with E-state index in [0.29, 0.717) is 0 Å². The van der Waals surface area contributed by atoms with Crippen LogP contribution < -0.4 is 20.6 Å². The van der Waals surface area contributed by atoms with E-state index in [1.165, 1.54) is 105 Å². The van der Waals surface area contributed by atoms with Crippen molar-refractivity contribution >= 4 is 90.0 Å². The number of benzene rings is 9. The van der Waals surface area contributed by atoms with E-state index in [9.17, 15) is 0 Å². The van der Waals surface area contributed by atoms with Crippen LogP contribution in [-0.4, -0.2) is 11.4 Å². The van der Waals surface area contributed by atoms with Crippen molar-refractivity contribution in [3.05, 3.63) is 204 Å². The van der Waals surface area contributed by atoms with Crippen LogP contribution in [0, 0.1) is 0 Å². The molecule has 2 aliphatic heterocycles. The minimum absolute atomic E-state index is 0.00288. The van der Waals surface area contributed by atoms with E-state index in [1.807, 2.05) is 0 Å². The molecule has 0 saturated carbocycles. The van der Waals surface area contributed by atoms with Crippen LogP contribution in [0.5, 0.6) is 0 Å². The van der Waals surface area contributed by atoms with E-state index in [2.05, 4.69) is 266 Å². The zero-order valence-electron chi connectivity index (χ0n) is 44.6. The Labute approximate surface area is 436 Å². The molecule has 3 aliphatic rings. The molecular weight excluding hydrogens is 898 g/mol. The van der Waals surface area contributed by atoms with Crippen molar-refractivity contribution in [1.29, 1.82) is 0 Å². The van der Waals surface area contributed by atoms with Gasteiger partial charge < -0.3 is 18.7 Å². The van der Waals surface area contributed by atoms with Gasteiger partial charge in [0, 0.05) is 72.2 Å². The van der Waals surface area contributed by atoms with E-state index >= 15 is 0 Å². The summed E-state index contributed by atoms with van der Waals surface area (Å²) < 4.78 is 10.1. The van der Waals surface area contributed by atoms with Crippen molar-refractivity contribution in [3.63, 3.8) is 0 Å². The Morgan fingerprint density at radius 2 is 1.09 bits per heavy atom. The van der Waals surface area contributed by atoms with Crippen LogP contribution in [-0.2, 0) is 21.7 Å². The van der Waals surface area contributed by atoms with Crippen molar-refractivity contribution in [2.75, 3.05) is 9.71 Å². The highest BCUT2D eigenvalue weighted by Crippen LogP contribution is 2.57. The van der Waals surface area contributed by atoms with Gasteiger partial charge in [0.2, 0.25) is 0 Å². The molecule has 14 rings (SSSR count). The van der Waals surface area contributed by atoms with E-state index in [-0.39, 0.29) is 28.5 Å². The van der Waals surface area contributed by atoms with Gasteiger partial charge in [-0.3, -0.25) is 0 Å². The number of hydrogen-bond acceptors (Lipinski definition) is 3. The highest BCUT2D eigenvalue weighted by molar-refractivity contribution is 6.94. The van der Waals surface area contributed by atoms with Crippen molar-refractivity contribution in [1.82, 2.24) is 4.57 Å². The molecule has 5 heteroatoms. The fraction of sp³-hybridized carbons (Fsp3) is 0.217. The number of fused-ring (bicyclic) bond motifs is 16. The average Bonchev–Trinajstić information content (AvgIpc) is 4.01. The second kappa shape index (κ2) is 15.2. The third-order valence-corrected chi connectivity index (χ3v) is 17.0. The Balaban J connectivity index is 1.14. The van der Waals surface area contributed by atoms with Gasteiger partial charge in [0.15, 0.2) is 0 Å². The quantitative estimate of drug-likeness (QED) is 0.164. The van der Waals surface area contributed by atoms with Gasteiger partial charge in [-0.25, -0.2) is 0 Å². The first kappa shape index (κ1) is 44.9. The molecule has 4 nitrogen and oxygen atoms in total. The Hall–Kier alpha value is -7.76. The summed E-state index contributed by atoms with van der Waals surface area (Å²) in [6.07, 6.45) is 0. The molecule has 1 aliphatic carbocycles. The molecule has 74 heavy (non-hydrogen) atoms. The van der Waals surface area contributed by atoms with Gasteiger partial charge in [0.05, 0.1) is 11.0 Å². The first-order valence-electron chi connectivity index (χ1n) is 26.6. The number of furan rings is 1. The van der Waals surface area contributed by atoms with Crippen LogP contribution in [0.3, 0.4) is 0 Å². The number of aromatic nitrogens is 1. The van der Waals surface area contributed by atoms with Gasteiger partial charge in [-0.1, -0.05) is 167 Å². The third kappa shape index (κ3) is 6.28. The lowest BCUT2D eigenvalue weighted by Crippen LogP contribution is -2.60. The molecule has 0 unspecified atom stereocenters. The van der Waals surface area contributed by atoms with Gasteiger partial charge in [0.25, 0.3) is 0 Å². The molecule has 0 saturated heterocycles. The summed E-state index contributed by atoms with van der Waals surface area (Å²) in [5.74, 6) is 0. The predicted molar refractivity (Wildman–Crippen MR) is 315 cm³/mol. The standard InChI is InChI=1S/C69H62BN3O/c1-66(2,3)41-26-30-46(31-27-41)73-58-40-50-49-38-47(71(44-20-14-12-15-21-44)45-22-16-13-17-23-45)32-33-53(49)69(10,11)54(50)39-52(58)62-63-64-60(61-48-24-18-19-25-59(48)74-65(61)62)51-36-42(67(4,5)6)28-34-56(51)72(64)57-35-29-43(68(7,8)9)37-55(57)70(63)73/h12-40H,1-11H3. The second-order valence-electron chi connectivity index (χ2n) is 25.0. The Morgan fingerprint density at radius 3 is 1.77 bits per heavy atom. The molecule has 0 spiro atoms. The van der Waals surface area contributed by atoms with Gasteiger partial charge in [-0.15, -0.1) is 0 Å². The third-order valence-electron chi connectivity index (χ3n) is 17.0. The first-order valence-corrected chi connectivity index (χ1v) is 26.6. The first-order chi connectivity index (χ1) is 35.4. The topological polar surface area (TPSA) is 24.6 Å². The fourth-order valence-electron chi connectivity index (χ4n) is 13.1. The highest BCUT2D eigenvalue weighted by Gasteiger charge is 2.48. The summed E-state index contributed by atoms with van der Waals surface area (Å²) in [5, 5.41) is 4.89. The number of nitrogens with zero attached hydrogens (tertiary/aromatic N) is 3. The summed E-state index contributed by atoms with van der Waals surface area (Å²) in [7, 11) is 0. The van der Waals surface area contributed by atoms with Gasteiger partial charge in [-0.05, 0) is 151 Å². The smallest absolute Gasteiger partial charge is 0.333 e. The molecule has 9 aromatic carbocycles. The molecule has 0 atom stereocenters. The number of hydrogen-bond donors (Lipinski definition) is 0. The summed E-state index contributed by atoms with van der Waals surface area (Å²) in [4.78, 5) is 5.10. The Bertz CT molecular complexity index is 4120. The molecule has 4 heterocycles. The molecule has 0 N–H and O–H groups in total. The average molecular weight is 960 g/mol. The minimum Gasteiger partial charge on any atom is -0.455 e. The summed E-state index contributed by atoms with van der Waals surface area (Å²) >= 11 is 0. The Kier molecular flexibility index (Phi) is 9.20. The van der Waals surface area contributed by atoms with Gasteiger partial charge in [-0.2, -0.15) is 0 Å². The molecular formula is C69H62BN3O. The van der Waals surface area contributed by atoms with E-state index in [1.54, 1.807) is 0 Å². The van der Waals surface area contributed by atoms with Crippen molar-refractivity contribution in [2.24, 2.45) is 0 Å². The SMILES string of the molecule is CC(C)(C)c1ccc(N2B3c4cc(C(C)(C)C)ccc4-n4c5ccc(C(C)(C)C)cc5c5c6c(oc7ccccc76)c(c3c54)-c3cc4c(cc32)-c2cc(N(c3ccccc3)c3ccccc3)ccc2C4(C)C)cc1. The summed E-state index contributed by atoms with van der Waals surface area (Å²) in [6.45, 7) is 25.6. The van der Waals surface area contributed by atoms with Crippen LogP contribution in [0.2, 0.25) is 0 Å². The Morgan fingerprint density at radius 1 is 0.486 bits per heavy atom. The molecule has 362 valence electrons. The lowest BCUT2D eigenvalue weighted by Gasteiger charge is -2.43. The van der Waals surface area contributed by atoms with Crippen molar-refractivity contribution in [2.45, 2.75) is 97.8 Å². The van der Waals surface area contributed by atoms with Crippen LogP contribution in [0.25, 0.3) is 71.7 Å². The zero-order valence-corrected chi connectivity index (χ0v) is 44.6. The number of anilines is 5. The van der Waals surface area contributed by atoms with E-state index < -0.39 is 0 Å². The largest absolute Gasteiger partial charge is 0.455 e. The second-order valence-corrected chi connectivity index (χ2v) is 25.0. The van der Waals surface area contributed by atoms with E-state index in [4.69, 9.17) is 4.42 Å². The monoisotopic (exact) mass is 959 g/mol. The lowest BCUT2D eigenvalue weighted by atomic mass is 9.43. The van der Waals surface area contributed by atoms with Crippen molar-refractivity contribution in [3.8, 4) is 27.9 Å². The van der Waals surface area contributed by atoms with E-state index in [0.717, 1.165) is 33.6 Å². The highest BCUT2D eigenvalue weighted by atomic mass is 16.3. The maximum Gasteiger partial charge on any atom is 0.333 e. The summed E-state index contributed by atoms with van der Waals surface area (Å²) in [6, 6.07) is 66.7. The van der Waals surface area contributed by atoms with Crippen LogP contribution in [0.1, 0.15) is 104 Å². The predicted octanol–water partition coefficient (Wildman–Crippen LogP) is 17.6. The molecule has 0 radical (unpaired) electrons. The normalized spacial score (nSPS) is 14.5. The van der Waals surface area contributed by atoms with Crippen molar-refractivity contribution < 1.29 is 4.42 Å². The number of para-hydroxylation sites is 3. The molecule has 0 amide bonds. The maximum absolute atomic E-state index is 7.43. The molecule has 11 aromatic rings. The number of rotatable bonds is 4. The molecule has 0 bridgehead atoms. The van der Waals surface area contributed by atoms with Gasteiger partial charge in [0.1, 0.15) is 11.2 Å². The fourth-order valence-corrected chi connectivity index (χ4v) is 13.1. The summed E-state index contributed by atoms with van der Waals surface area (Å²) in [5.41, 5.74) is 25.1.